The number of thiazole rings is 1. The SMILES string of the molecule is O=C([C@H]1COc2ccccc2O1)N1CC[NH+](Cc2cc(=O)n3ccsc3n2)CC1. The number of carbonyl (C=O) groups is 1. The first-order chi connectivity index (χ1) is 14.2. The van der Waals surface area contributed by atoms with Gasteiger partial charge in [0.2, 0.25) is 6.10 Å². The van der Waals surface area contributed by atoms with E-state index in [-0.39, 0.29) is 18.1 Å². The summed E-state index contributed by atoms with van der Waals surface area (Å²) in [5, 5.41) is 1.86. The molecule has 9 heteroatoms. The van der Waals surface area contributed by atoms with E-state index in [2.05, 4.69) is 4.98 Å². The predicted octanol–water partition coefficient (Wildman–Crippen LogP) is -0.177. The Labute approximate surface area is 170 Å². The topological polar surface area (TPSA) is 77.6 Å². The van der Waals surface area contributed by atoms with Crippen molar-refractivity contribution in [1.29, 1.82) is 0 Å². The number of hydrogen-bond donors (Lipinski definition) is 1. The number of nitrogens with one attached hydrogen (secondary N) is 1. The summed E-state index contributed by atoms with van der Waals surface area (Å²) in [6, 6.07) is 9.01. The lowest BCUT2D eigenvalue weighted by Crippen LogP contribution is -3.13. The van der Waals surface area contributed by atoms with Gasteiger partial charge in [0.15, 0.2) is 16.5 Å². The van der Waals surface area contributed by atoms with Crippen LogP contribution in [0.5, 0.6) is 11.5 Å². The molecule has 8 nitrogen and oxygen atoms in total. The fourth-order valence-electron chi connectivity index (χ4n) is 3.80. The second kappa shape index (κ2) is 7.49. The molecule has 1 fully saturated rings. The van der Waals surface area contributed by atoms with E-state index >= 15 is 0 Å². The lowest BCUT2D eigenvalue weighted by Gasteiger charge is -2.35. The zero-order valence-corrected chi connectivity index (χ0v) is 16.6. The van der Waals surface area contributed by atoms with Crippen molar-refractivity contribution in [3.8, 4) is 11.5 Å². The molecule has 0 radical (unpaired) electrons. The lowest BCUT2D eigenvalue weighted by molar-refractivity contribution is -0.917. The highest BCUT2D eigenvalue weighted by atomic mass is 32.1. The Hall–Kier alpha value is -2.91. The number of aromatic nitrogens is 2. The molecule has 3 aromatic rings. The van der Waals surface area contributed by atoms with Crippen LogP contribution in [0, 0.1) is 0 Å². The molecule has 2 aliphatic rings. The van der Waals surface area contributed by atoms with Crippen LogP contribution in [0.15, 0.2) is 46.7 Å². The fraction of sp³-hybridized carbons (Fsp3) is 0.350. The summed E-state index contributed by atoms with van der Waals surface area (Å²) in [7, 11) is 0. The summed E-state index contributed by atoms with van der Waals surface area (Å²) in [6.45, 7) is 3.83. The van der Waals surface area contributed by atoms with Crippen molar-refractivity contribution < 1.29 is 19.2 Å². The fourth-order valence-corrected chi connectivity index (χ4v) is 4.54. The summed E-state index contributed by atoms with van der Waals surface area (Å²) in [6.07, 6.45) is 1.14. The van der Waals surface area contributed by atoms with Crippen molar-refractivity contribution in [2.75, 3.05) is 32.8 Å². The van der Waals surface area contributed by atoms with Gasteiger partial charge in [-0.3, -0.25) is 14.0 Å². The summed E-state index contributed by atoms with van der Waals surface area (Å²) in [5.74, 6) is 1.26. The Balaban J connectivity index is 1.19. The average Bonchev–Trinajstić information content (AvgIpc) is 3.23. The molecule has 5 rings (SSSR count). The molecule has 0 bridgehead atoms. The predicted molar refractivity (Wildman–Crippen MR) is 107 cm³/mol. The summed E-state index contributed by atoms with van der Waals surface area (Å²) in [4.78, 5) is 33.5. The van der Waals surface area contributed by atoms with Gasteiger partial charge < -0.3 is 19.3 Å². The van der Waals surface area contributed by atoms with Crippen LogP contribution < -0.4 is 19.9 Å². The molecule has 150 valence electrons. The molecule has 0 spiro atoms. The average molecular weight is 413 g/mol. The van der Waals surface area contributed by atoms with Crippen LogP contribution in [0.25, 0.3) is 4.96 Å². The van der Waals surface area contributed by atoms with Crippen LogP contribution in [0.1, 0.15) is 5.69 Å². The first-order valence-electron chi connectivity index (χ1n) is 9.64. The van der Waals surface area contributed by atoms with Gasteiger partial charge in [0, 0.05) is 17.6 Å². The van der Waals surface area contributed by atoms with E-state index in [1.54, 1.807) is 16.7 Å². The number of hydrogen-bond acceptors (Lipinski definition) is 6. The molecule has 0 saturated carbocycles. The van der Waals surface area contributed by atoms with Gasteiger partial charge in [0.1, 0.15) is 18.8 Å². The van der Waals surface area contributed by atoms with E-state index < -0.39 is 6.10 Å². The maximum absolute atomic E-state index is 12.8. The van der Waals surface area contributed by atoms with Gasteiger partial charge in [-0.05, 0) is 12.1 Å². The number of rotatable bonds is 3. The standard InChI is InChI=1S/C20H20N4O4S/c25-18-11-14(21-20-24(18)9-10-29-20)12-22-5-7-23(8-6-22)19(26)17-13-27-15-3-1-2-4-16(15)28-17/h1-4,9-11,17H,5-8,12-13H2/p+1/t17-/m1/s1. The van der Waals surface area contributed by atoms with Gasteiger partial charge in [-0.2, -0.15) is 0 Å². The van der Waals surface area contributed by atoms with Gasteiger partial charge in [0.25, 0.3) is 11.5 Å². The third-order valence-electron chi connectivity index (χ3n) is 5.35. The number of benzene rings is 1. The summed E-state index contributed by atoms with van der Waals surface area (Å²) < 4.78 is 13.1. The third-order valence-corrected chi connectivity index (χ3v) is 6.11. The minimum absolute atomic E-state index is 0.0325. The molecule has 4 heterocycles. The van der Waals surface area contributed by atoms with Gasteiger partial charge in [0.05, 0.1) is 26.2 Å². The van der Waals surface area contributed by atoms with Crippen LogP contribution in [-0.2, 0) is 11.3 Å². The molecule has 1 amide bonds. The molecule has 1 aromatic carbocycles. The summed E-state index contributed by atoms with van der Waals surface area (Å²) in [5.41, 5.74) is 0.752. The van der Waals surface area contributed by atoms with Crippen LogP contribution in [0.3, 0.4) is 0 Å². The third kappa shape index (κ3) is 3.58. The van der Waals surface area contributed by atoms with E-state index in [4.69, 9.17) is 9.47 Å². The molecular formula is C20H21N4O4S+. The summed E-state index contributed by atoms with van der Waals surface area (Å²) >= 11 is 1.46. The van der Waals surface area contributed by atoms with E-state index in [1.165, 1.54) is 16.2 Å². The van der Waals surface area contributed by atoms with Gasteiger partial charge in [-0.1, -0.05) is 12.1 Å². The van der Waals surface area contributed by atoms with Crippen molar-refractivity contribution in [2.24, 2.45) is 0 Å². The van der Waals surface area contributed by atoms with Crippen molar-refractivity contribution in [2.45, 2.75) is 12.6 Å². The number of nitrogens with zero attached hydrogens (tertiary/aromatic N) is 3. The second-order valence-electron chi connectivity index (χ2n) is 7.26. The van der Waals surface area contributed by atoms with E-state index in [1.807, 2.05) is 34.5 Å². The van der Waals surface area contributed by atoms with E-state index in [9.17, 15) is 9.59 Å². The van der Waals surface area contributed by atoms with Crippen molar-refractivity contribution >= 4 is 22.2 Å². The second-order valence-corrected chi connectivity index (χ2v) is 8.13. The smallest absolute Gasteiger partial charge is 0.267 e. The molecule has 1 atom stereocenters. The molecule has 1 saturated heterocycles. The monoisotopic (exact) mass is 413 g/mol. The zero-order chi connectivity index (χ0) is 19.8. The highest BCUT2D eigenvalue weighted by Gasteiger charge is 2.33. The van der Waals surface area contributed by atoms with Crippen molar-refractivity contribution in [3.05, 3.63) is 58.0 Å². The number of amides is 1. The lowest BCUT2D eigenvalue weighted by atomic mass is 10.2. The highest BCUT2D eigenvalue weighted by Crippen LogP contribution is 2.31. The van der Waals surface area contributed by atoms with Crippen LogP contribution in [0.4, 0.5) is 0 Å². The number of quaternary nitrogens is 1. The number of piperazine rings is 1. The maximum Gasteiger partial charge on any atom is 0.267 e. The minimum atomic E-state index is -0.602. The molecule has 2 aliphatic heterocycles. The van der Waals surface area contributed by atoms with E-state index in [0.717, 1.165) is 23.7 Å². The van der Waals surface area contributed by atoms with Crippen LogP contribution in [-0.4, -0.2) is 59.1 Å². The number of carbonyl (C=O) groups excluding carboxylic acids is 1. The Morgan fingerprint density at radius 2 is 2.03 bits per heavy atom. The quantitative estimate of drug-likeness (QED) is 0.645. The molecule has 0 aliphatic carbocycles. The normalized spacial score (nSPS) is 19.4. The largest absolute Gasteiger partial charge is 0.485 e. The Kier molecular flexibility index (Phi) is 4.69. The zero-order valence-electron chi connectivity index (χ0n) is 15.7. The first kappa shape index (κ1) is 18.1. The highest BCUT2D eigenvalue weighted by molar-refractivity contribution is 7.15. The van der Waals surface area contributed by atoms with Gasteiger partial charge in [-0.15, -0.1) is 11.3 Å². The van der Waals surface area contributed by atoms with Gasteiger partial charge in [-0.25, -0.2) is 4.98 Å². The Morgan fingerprint density at radius 3 is 2.86 bits per heavy atom. The van der Waals surface area contributed by atoms with E-state index in [0.29, 0.717) is 31.1 Å². The maximum atomic E-state index is 12.8. The van der Waals surface area contributed by atoms with Crippen LogP contribution >= 0.6 is 11.3 Å². The van der Waals surface area contributed by atoms with Crippen molar-refractivity contribution in [3.63, 3.8) is 0 Å². The molecule has 29 heavy (non-hydrogen) atoms. The van der Waals surface area contributed by atoms with Crippen LogP contribution in [0.2, 0.25) is 0 Å². The minimum Gasteiger partial charge on any atom is -0.485 e. The van der Waals surface area contributed by atoms with Crippen molar-refractivity contribution in [1.82, 2.24) is 14.3 Å². The molecule has 0 unspecified atom stereocenters. The molecule has 2 aromatic heterocycles. The Bertz CT molecular complexity index is 1100. The number of fused-ring (bicyclic) bond motifs is 2. The first-order valence-corrected chi connectivity index (χ1v) is 10.5. The Morgan fingerprint density at radius 1 is 1.24 bits per heavy atom. The number of para-hydroxylation sites is 2. The number of ether oxygens (including phenoxy) is 2. The molecular weight excluding hydrogens is 392 g/mol. The van der Waals surface area contributed by atoms with Gasteiger partial charge >= 0.3 is 0 Å². The molecule has 1 N–H and O–H groups in total.